The molecule has 1 atom stereocenters. The average Bonchev–Trinajstić information content (AvgIpc) is 2.61. The van der Waals surface area contributed by atoms with E-state index >= 15 is 0 Å². The molecule has 3 aromatic rings. The molecule has 0 N–H and O–H groups in total. The van der Waals surface area contributed by atoms with Crippen LogP contribution in [0.5, 0.6) is 0 Å². The molecule has 2 aromatic heterocycles. The van der Waals surface area contributed by atoms with Gasteiger partial charge in [0.1, 0.15) is 0 Å². The molecule has 0 amide bonds. The van der Waals surface area contributed by atoms with Crippen LogP contribution >= 0.6 is 11.3 Å². The molecule has 24 heavy (non-hydrogen) atoms. The molecule has 1 aliphatic carbocycles. The maximum Gasteiger partial charge on any atom is 0.191 e. The molecule has 4 rings (SSSR count). The first-order chi connectivity index (χ1) is 11.7. The zero-order valence-electron chi connectivity index (χ0n) is 14.1. The molecule has 2 heterocycles. The van der Waals surface area contributed by atoms with Crippen molar-refractivity contribution in [1.29, 1.82) is 0 Å². The fraction of sp³-hybridized carbons (Fsp3) is 0.333. The molecule has 0 saturated carbocycles. The van der Waals surface area contributed by atoms with E-state index in [0.717, 1.165) is 57.7 Å². The molecule has 3 heteroatoms. The zero-order chi connectivity index (χ0) is 16.7. The van der Waals surface area contributed by atoms with E-state index in [9.17, 15) is 4.79 Å². The Labute approximate surface area is 146 Å². The summed E-state index contributed by atoms with van der Waals surface area (Å²) < 4.78 is 1.11. The monoisotopic (exact) mass is 335 g/mol. The Morgan fingerprint density at radius 3 is 2.79 bits per heavy atom. The molecule has 2 nitrogen and oxygen atoms in total. The van der Waals surface area contributed by atoms with Gasteiger partial charge in [-0.15, -0.1) is 11.3 Å². The summed E-state index contributed by atoms with van der Waals surface area (Å²) in [5.74, 6) is 0.732. The molecular weight excluding hydrogens is 314 g/mol. The van der Waals surface area contributed by atoms with Crippen LogP contribution in [0.25, 0.3) is 21.2 Å². The lowest BCUT2D eigenvalue weighted by Crippen LogP contribution is -2.20. The highest BCUT2D eigenvalue weighted by molar-refractivity contribution is 7.18. The van der Waals surface area contributed by atoms with Crippen LogP contribution in [-0.4, -0.2) is 4.98 Å². The number of hydrogen-bond acceptors (Lipinski definition) is 3. The van der Waals surface area contributed by atoms with Gasteiger partial charge in [0.05, 0.1) is 0 Å². The summed E-state index contributed by atoms with van der Waals surface area (Å²) >= 11 is 1.81. The van der Waals surface area contributed by atoms with Crippen LogP contribution in [0, 0.1) is 12.8 Å². The second kappa shape index (κ2) is 6.14. The predicted octanol–water partition coefficient (Wildman–Crippen LogP) is 5.15. The summed E-state index contributed by atoms with van der Waals surface area (Å²) in [5.41, 5.74) is 4.58. The van der Waals surface area contributed by atoms with Gasteiger partial charge < -0.3 is 0 Å². The SMILES string of the molecule is CCC1CCc2c(sc3cc(-c4ccc(C)nc4)ccc3c2=O)C1. The van der Waals surface area contributed by atoms with Crippen molar-refractivity contribution in [3.8, 4) is 11.1 Å². The average molecular weight is 335 g/mol. The summed E-state index contributed by atoms with van der Waals surface area (Å²) in [6.45, 7) is 4.24. The number of rotatable bonds is 2. The van der Waals surface area contributed by atoms with Crippen LogP contribution in [0.15, 0.2) is 41.3 Å². The lowest BCUT2D eigenvalue weighted by atomic mass is 9.86. The molecule has 0 bridgehead atoms. The van der Waals surface area contributed by atoms with E-state index in [4.69, 9.17) is 0 Å². The first-order valence-corrected chi connectivity index (χ1v) is 9.49. The van der Waals surface area contributed by atoms with Crippen molar-refractivity contribution < 1.29 is 0 Å². The van der Waals surface area contributed by atoms with Gasteiger partial charge in [0.25, 0.3) is 0 Å². The lowest BCUT2D eigenvalue weighted by Gasteiger charge is -2.22. The van der Waals surface area contributed by atoms with Gasteiger partial charge in [0, 0.05) is 38.0 Å². The van der Waals surface area contributed by atoms with Gasteiger partial charge in [-0.25, -0.2) is 0 Å². The van der Waals surface area contributed by atoms with Crippen LogP contribution in [0.4, 0.5) is 0 Å². The van der Waals surface area contributed by atoms with Crippen molar-refractivity contribution in [2.24, 2.45) is 5.92 Å². The van der Waals surface area contributed by atoms with E-state index in [2.05, 4.69) is 24.0 Å². The van der Waals surface area contributed by atoms with Gasteiger partial charge >= 0.3 is 0 Å². The molecular formula is C21H21NOS. The van der Waals surface area contributed by atoms with Crippen molar-refractivity contribution in [3.05, 3.63) is 62.9 Å². The first kappa shape index (κ1) is 15.5. The molecule has 0 spiro atoms. The highest BCUT2D eigenvalue weighted by Crippen LogP contribution is 2.33. The van der Waals surface area contributed by atoms with Crippen LogP contribution < -0.4 is 5.43 Å². The van der Waals surface area contributed by atoms with Gasteiger partial charge in [-0.05, 0) is 55.9 Å². The fourth-order valence-electron chi connectivity index (χ4n) is 3.58. The van der Waals surface area contributed by atoms with E-state index < -0.39 is 0 Å². The summed E-state index contributed by atoms with van der Waals surface area (Å²) in [4.78, 5) is 18.6. The number of fused-ring (bicyclic) bond motifs is 2. The summed E-state index contributed by atoms with van der Waals surface area (Å²) in [6.07, 6.45) is 6.28. The molecule has 0 saturated heterocycles. The van der Waals surface area contributed by atoms with Gasteiger partial charge in [-0.2, -0.15) is 0 Å². The van der Waals surface area contributed by atoms with Gasteiger partial charge in [0.2, 0.25) is 0 Å². The number of nitrogens with zero attached hydrogens (tertiary/aromatic N) is 1. The first-order valence-electron chi connectivity index (χ1n) is 8.67. The second-order valence-corrected chi connectivity index (χ2v) is 7.89. The number of aryl methyl sites for hydroxylation is 1. The van der Waals surface area contributed by atoms with E-state index in [1.165, 1.54) is 11.3 Å². The van der Waals surface area contributed by atoms with E-state index in [1.807, 2.05) is 42.7 Å². The third kappa shape index (κ3) is 2.67. The normalized spacial score (nSPS) is 17.0. The van der Waals surface area contributed by atoms with Crippen LogP contribution in [0.3, 0.4) is 0 Å². The summed E-state index contributed by atoms with van der Waals surface area (Å²) in [5, 5.41) is 0.873. The molecule has 0 radical (unpaired) electrons. The Kier molecular flexibility index (Phi) is 3.97. The Balaban J connectivity index is 1.85. The molecule has 122 valence electrons. The Hall–Kier alpha value is -2.00. The van der Waals surface area contributed by atoms with Crippen molar-refractivity contribution in [2.75, 3.05) is 0 Å². The van der Waals surface area contributed by atoms with Crippen molar-refractivity contribution >= 4 is 21.4 Å². The van der Waals surface area contributed by atoms with Crippen LogP contribution in [0.1, 0.15) is 35.9 Å². The molecule has 1 unspecified atom stereocenters. The number of hydrogen-bond donors (Lipinski definition) is 0. The van der Waals surface area contributed by atoms with Gasteiger partial charge in [0.15, 0.2) is 5.43 Å². The maximum absolute atomic E-state index is 12.9. The minimum Gasteiger partial charge on any atom is -0.289 e. The largest absolute Gasteiger partial charge is 0.289 e. The number of benzene rings is 1. The van der Waals surface area contributed by atoms with Gasteiger partial charge in [-0.1, -0.05) is 25.5 Å². The second-order valence-electron chi connectivity index (χ2n) is 6.75. The van der Waals surface area contributed by atoms with Crippen LogP contribution in [-0.2, 0) is 12.8 Å². The topological polar surface area (TPSA) is 30.0 Å². The summed E-state index contributed by atoms with van der Waals surface area (Å²) in [6, 6.07) is 10.3. The molecule has 0 aliphatic heterocycles. The Morgan fingerprint density at radius 1 is 1.21 bits per heavy atom. The van der Waals surface area contributed by atoms with Gasteiger partial charge in [-0.3, -0.25) is 9.78 Å². The quantitative estimate of drug-likeness (QED) is 0.648. The maximum atomic E-state index is 12.9. The third-order valence-corrected chi connectivity index (χ3v) is 6.39. The van der Waals surface area contributed by atoms with E-state index in [0.29, 0.717) is 0 Å². The van der Waals surface area contributed by atoms with Crippen LogP contribution in [0.2, 0.25) is 0 Å². The number of pyridine rings is 1. The zero-order valence-corrected chi connectivity index (χ0v) is 15.0. The molecule has 1 aromatic carbocycles. The Morgan fingerprint density at radius 2 is 2.04 bits per heavy atom. The number of aromatic nitrogens is 1. The minimum absolute atomic E-state index is 0.252. The highest BCUT2D eigenvalue weighted by atomic mass is 32.1. The van der Waals surface area contributed by atoms with Crippen molar-refractivity contribution in [2.45, 2.75) is 39.5 Å². The molecule has 1 aliphatic rings. The van der Waals surface area contributed by atoms with Crippen molar-refractivity contribution in [3.63, 3.8) is 0 Å². The summed E-state index contributed by atoms with van der Waals surface area (Å²) in [7, 11) is 0. The highest BCUT2D eigenvalue weighted by Gasteiger charge is 2.21. The lowest BCUT2D eigenvalue weighted by molar-refractivity contribution is 0.448. The minimum atomic E-state index is 0.252. The van der Waals surface area contributed by atoms with E-state index in [1.54, 1.807) is 0 Å². The standard InChI is InChI=1S/C21H21NOS/c1-3-14-5-8-17-19(10-14)24-20-11-15(7-9-18(20)21(17)23)16-6-4-13(2)22-12-16/h4,6-7,9,11-12,14H,3,5,8,10H2,1-2H3. The Bertz CT molecular complexity index is 956. The van der Waals surface area contributed by atoms with Crippen molar-refractivity contribution in [1.82, 2.24) is 4.98 Å². The molecule has 0 fully saturated rings. The van der Waals surface area contributed by atoms with E-state index in [-0.39, 0.29) is 5.43 Å². The smallest absolute Gasteiger partial charge is 0.191 e. The third-order valence-electron chi connectivity index (χ3n) is 5.17. The predicted molar refractivity (Wildman–Crippen MR) is 102 cm³/mol. The fourth-order valence-corrected chi connectivity index (χ4v) is 4.93.